The van der Waals surface area contributed by atoms with Crippen molar-refractivity contribution in [2.45, 2.75) is 11.1 Å². The number of halogens is 3. The molecular formula is C17H13F3N4O2S. The highest BCUT2D eigenvalue weighted by Crippen LogP contribution is 2.32. The molecule has 2 aromatic heterocycles. The molecule has 0 radical (unpaired) electrons. The summed E-state index contributed by atoms with van der Waals surface area (Å²) in [5.41, 5.74) is -0.362. The zero-order chi connectivity index (χ0) is 19.7. The number of aromatic nitrogens is 3. The molecule has 0 saturated heterocycles. The fraction of sp³-hybridized carbons (Fsp3) is 0.0588. The van der Waals surface area contributed by atoms with Crippen molar-refractivity contribution >= 4 is 10.0 Å². The zero-order valence-electron chi connectivity index (χ0n) is 13.7. The SMILES string of the molecule is C=CNS(=O)(=O)c1ccc(-n2cc(C(F)(F)F)nc2-c2cccnc2)cc1. The molecule has 0 aliphatic heterocycles. The number of sulfonamides is 1. The lowest BCUT2D eigenvalue weighted by atomic mass is 10.2. The number of nitrogens with zero attached hydrogens (tertiary/aromatic N) is 3. The fourth-order valence-electron chi connectivity index (χ4n) is 2.38. The predicted molar refractivity (Wildman–Crippen MR) is 92.3 cm³/mol. The highest BCUT2D eigenvalue weighted by molar-refractivity contribution is 7.89. The third-order valence-corrected chi connectivity index (χ3v) is 4.95. The second-order valence-electron chi connectivity index (χ2n) is 5.38. The van der Waals surface area contributed by atoms with Crippen molar-refractivity contribution in [1.29, 1.82) is 0 Å². The highest BCUT2D eigenvalue weighted by atomic mass is 32.2. The highest BCUT2D eigenvalue weighted by Gasteiger charge is 2.35. The number of alkyl halides is 3. The van der Waals surface area contributed by atoms with Gasteiger partial charge in [0.25, 0.3) is 10.0 Å². The van der Waals surface area contributed by atoms with E-state index in [1.165, 1.54) is 41.2 Å². The summed E-state index contributed by atoms with van der Waals surface area (Å²) in [6, 6.07) is 8.50. The number of benzene rings is 1. The van der Waals surface area contributed by atoms with Crippen LogP contribution in [0.1, 0.15) is 5.69 Å². The van der Waals surface area contributed by atoms with E-state index in [9.17, 15) is 21.6 Å². The van der Waals surface area contributed by atoms with Gasteiger partial charge in [-0.2, -0.15) is 13.2 Å². The van der Waals surface area contributed by atoms with Gasteiger partial charge in [0, 0.05) is 36.0 Å². The molecule has 0 aliphatic rings. The first-order chi connectivity index (χ1) is 12.7. The van der Waals surface area contributed by atoms with Crippen LogP contribution in [0.5, 0.6) is 0 Å². The quantitative estimate of drug-likeness (QED) is 0.720. The van der Waals surface area contributed by atoms with Gasteiger partial charge in [-0.05, 0) is 36.4 Å². The van der Waals surface area contributed by atoms with Gasteiger partial charge < -0.3 is 0 Å². The Bertz CT molecular complexity index is 1060. The van der Waals surface area contributed by atoms with E-state index < -0.39 is 21.9 Å². The molecular weight excluding hydrogens is 381 g/mol. The van der Waals surface area contributed by atoms with Crippen LogP contribution in [0.25, 0.3) is 17.1 Å². The average Bonchev–Trinajstić information content (AvgIpc) is 3.08. The summed E-state index contributed by atoms with van der Waals surface area (Å²) in [6.07, 6.45) is 0.141. The molecule has 0 fully saturated rings. The van der Waals surface area contributed by atoms with E-state index in [0.29, 0.717) is 11.3 Å². The predicted octanol–water partition coefficient (Wildman–Crippen LogP) is 3.37. The third-order valence-electron chi connectivity index (χ3n) is 3.58. The van der Waals surface area contributed by atoms with Gasteiger partial charge in [-0.3, -0.25) is 14.3 Å². The molecule has 2 heterocycles. The number of hydrogen-bond donors (Lipinski definition) is 1. The van der Waals surface area contributed by atoms with E-state index in [0.717, 1.165) is 12.4 Å². The molecule has 0 saturated carbocycles. The van der Waals surface area contributed by atoms with E-state index in [4.69, 9.17) is 0 Å². The van der Waals surface area contributed by atoms with Crippen molar-refractivity contribution < 1.29 is 21.6 Å². The van der Waals surface area contributed by atoms with E-state index >= 15 is 0 Å². The topological polar surface area (TPSA) is 76.9 Å². The molecule has 27 heavy (non-hydrogen) atoms. The molecule has 0 unspecified atom stereocenters. The number of hydrogen-bond acceptors (Lipinski definition) is 4. The molecule has 0 bridgehead atoms. The number of nitrogens with one attached hydrogen (secondary N) is 1. The number of imidazole rings is 1. The third kappa shape index (κ3) is 3.85. The van der Waals surface area contributed by atoms with Crippen LogP contribution in [-0.4, -0.2) is 23.0 Å². The first-order valence-electron chi connectivity index (χ1n) is 7.53. The standard InChI is InChI=1S/C17H13F3N4O2S/c1-2-22-27(25,26)14-7-5-13(6-8-14)24-11-15(17(18,19)20)23-16(24)12-4-3-9-21-10-12/h2-11,22H,1H2. The van der Waals surface area contributed by atoms with Crippen molar-refractivity contribution in [1.82, 2.24) is 19.3 Å². The lowest BCUT2D eigenvalue weighted by Gasteiger charge is -2.09. The molecule has 0 spiro atoms. The maximum absolute atomic E-state index is 13.1. The van der Waals surface area contributed by atoms with Crippen molar-refractivity contribution in [2.75, 3.05) is 0 Å². The number of rotatable bonds is 5. The summed E-state index contributed by atoms with van der Waals surface area (Å²) in [6.45, 7) is 3.29. The lowest BCUT2D eigenvalue weighted by molar-refractivity contribution is -0.140. The molecule has 3 rings (SSSR count). The lowest BCUT2D eigenvalue weighted by Crippen LogP contribution is -2.17. The summed E-state index contributed by atoms with van der Waals surface area (Å²) >= 11 is 0. The zero-order valence-corrected chi connectivity index (χ0v) is 14.5. The summed E-state index contributed by atoms with van der Waals surface area (Å²) in [5.74, 6) is 0.0373. The molecule has 0 amide bonds. The van der Waals surface area contributed by atoms with Crippen LogP contribution >= 0.6 is 0 Å². The van der Waals surface area contributed by atoms with Gasteiger partial charge in [0.1, 0.15) is 5.82 Å². The average molecular weight is 394 g/mol. The Balaban J connectivity index is 2.11. The Morgan fingerprint density at radius 3 is 2.41 bits per heavy atom. The van der Waals surface area contributed by atoms with Gasteiger partial charge in [-0.15, -0.1) is 0 Å². The minimum absolute atomic E-state index is 0.0373. The Hall–Kier alpha value is -3.14. The number of pyridine rings is 1. The first-order valence-corrected chi connectivity index (χ1v) is 9.01. The van der Waals surface area contributed by atoms with Crippen molar-refractivity contribution in [2.24, 2.45) is 0 Å². The molecule has 6 nitrogen and oxygen atoms in total. The monoisotopic (exact) mass is 394 g/mol. The fourth-order valence-corrected chi connectivity index (χ4v) is 3.23. The maximum atomic E-state index is 13.1. The second-order valence-corrected chi connectivity index (χ2v) is 7.09. The van der Waals surface area contributed by atoms with Crippen LogP contribution in [0.2, 0.25) is 0 Å². The van der Waals surface area contributed by atoms with E-state index in [-0.39, 0.29) is 10.7 Å². The Kier molecular flexibility index (Phi) is 4.75. The van der Waals surface area contributed by atoms with E-state index in [2.05, 4.69) is 21.3 Å². The molecule has 1 aromatic carbocycles. The maximum Gasteiger partial charge on any atom is 0.434 e. The largest absolute Gasteiger partial charge is 0.434 e. The van der Waals surface area contributed by atoms with Crippen LogP contribution in [0, 0.1) is 0 Å². The van der Waals surface area contributed by atoms with Gasteiger partial charge in [0.15, 0.2) is 5.69 Å². The second kappa shape index (κ2) is 6.88. The van der Waals surface area contributed by atoms with Crippen molar-refractivity contribution in [3.63, 3.8) is 0 Å². The van der Waals surface area contributed by atoms with Crippen LogP contribution in [-0.2, 0) is 16.2 Å². The van der Waals surface area contributed by atoms with Gasteiger partial charge in [0.05, 0.1) is 4.90 Å². The van der Waals surface area contributed by atoms with Crippen LogP contribution in [0.15, 0.2) is 72.7 Å². The Labute approximate surface area is 153 Å². The van der Waals surface area contributed by atoms with Crippen molar-refractivity contribution in [3.8, 4) is 17.1 Å². The Morgan fingerprint density at radius 2 is 1.85 bits per heavy atom. The van der Waals surface area contributed by atoms with Gasteiger partial charge in [-0.1, -0.05) is 6.58 Å². The van der Waals surface area contributed by atoms with Crippen LogP contribution in [0.4, 0.5) is 13.2 Å². The van der Waals surface area contributed by atoms with Crippen LogP contribution < -0.4 is 4.72 Å². The minimum atomic E-state index is -4.63. The first kappa shape index (κ1) is 18.6. The van der Waals surface area contributed by atoms with E-state index in [1.54, 1.807) is 12.1 Å². The van der Waals surface area contributed by atoms with Crippen LogP contribution in [0.3, 0.4) is 0 Å². The molecule has 10 heteroatoms. The molecule has 3 aromatic rings. The van der Waals surface area contributed by atoms with Gasteiger partial charge >= 0.3 is 6.18 Å². The molecule has 0 atom stereocenters. The molecule has 1 N–H and O–H groups in total. The summed E-state index contributed by atoms with van der Waals surface area (Å²) in [7, 11) is -3.77. The minimum Gasteiger partial charge on any atom is -0.299 e. The summed E-state index contributed by atoms with van der Waals surface area (Å²) in [5, 5.41) is 0. The normalized spacial score (nSPS) is 12.0. The van der Waals surface area contributed by atoms with E-state index in [1.807, 2.05) is 0 Å². The molecule has 0 aliphatic carbocycles. The van der Waals surface area contributed by atoms with Crippen molar-refractivity contribution in [3.05, 3.63) is 73.5 Å². The van der Waals surface area contributed by atoms with Gasteiger partial charge in [0.2, 0.25) is 0 Å². The summed E-state index contributed by atoms with van der Waals surface area (Å²) < 4.78 is 66.6. The Morgan fingerprint density at radius 1 is 1.15 bits per heavy atom. The smallest absolute Gasteiger partial charge is 0.299 e. The van der Waals surface area contributed by atoms with Gasteiger partial charge in [-0.25, -0.2) is 13.4 Å². The summed E-state index contributed by atoms with van der Waals surface area (Å²) in [4.78, 5) is 7.53. The molecule has 140 valence electrons.